The maximum Gasteiger partial charge on any atom is 0.435 e. The van der Waals surface area contributed by atoms with Crippen LogP contribution in [0.4, 0.5) is 13.2 Å². The lowest BCUT2D eigenvalue weighted by atomic mass is 10.3. The SMILES string of the molecule is CCCOc1ccc(OC(=O)Cn2ccc(C(F)(F)F)n2)cc1. The summed E-state index contributed by atoms with van der Waals surface area (Å²) < 4.78 is 48.5. The highest BCUT2D eigenvalue weighted by Gasteiger charge is 2.33. The second kappa shape index (κ2) is 7.17. The lowest BCUT2D eigenvalue weighted by Crippen LogP contribution is -2.17. The topological polar surface area (TPSA) is 53.4 Å². The van der Waals surface area contributed by atoms with E-state index in [1.807, 2.05) is 6.92 Å². The standard InChI is InChI=1S/C15H15F3N2O3/c1-2-9-22-11-3-5-12(6-4-11)23-14(21)10-20-8-7-13(19-20)15(16,17)18/h3-8H,2,9-10H2,1H3. The monoisotopic (exact) mass is 328 g/mol. The second-order valence-corrected chi connectivity index (χ2v) is 4.69. The van der Waals surface area contributed by atoms with E-state index in [0.717, 1.165) is 23.4 Å². The Morgan fingerprint density at radius 3 is 2.39 bits per heavy atom. The van der Waals surface area contributed by atoms with E-state index < -0.39 is 24.4 Å². The molecular formula is C15H15F3N2O3. The summed E-state index contributed by atoms with van der Waals surface area (Å²) in [4.78, 5) is 11.7. The van der Waals surface area contributed by atoms with Crippen LogP contribution in [0.25, 0.3) is 0 Å². The fraction of sp³-hybridized carbons (Fsp3) is 0.333. The first-order chi connectivity index (χ1) is 10.9. The van der Waals surface area contributed by atoms with Gasteiger partial charge in [-0.2, -0.15) is 18.3 Å². The molecule has 0 N–H and O–H groups in total. The van der Waals surface area contributed by atoms with Crippen molar-refractivity contribution in [2.24, 2.45) is 0 Å². The zero-order valence-corrected chi connectivity index (χ0v) is 12.3. The molecule has 1 heterocycles. The maximum atomic E-state index is 12.4. The minimum atomic E-state index is -4.54. The summed E-state index contributed by atoms with van der Waals surface area (Å²) in [6.45, 7) is 2.15. The average molecular weight is 328 g/mol. The van der Waals surface area contributed by atoms with Crippen molar-refractivity contribution >= 4 is 5.97 Å². The van der Waals surface area contributed by atoms with E-state index in [4.69, 9.17) is 9.47 Å². The number of nitrogens with zero attached hydrogens (tertiary/aromatic N) is 2. The van der Waals surface area contributed by atoms with E-state index in [0.29, 0.717) is 12.4 Å². The Labute approximate surface area is 130 Å². The number of hydrogen-bond donors (Lipinski definition) is 0. The van der Waals surface area contributed by atoms with Crippen LogP contribution in [0.1, 0.15) is 19.0 Å². The van der Waals surface area contributed by atoms with Crippen molar-refractivity contribution in [1.82, 2.24) is 9.78 Å². The van der Waals surface area contributed by atoms with Crippen LogP contribution in [-0.2, 0) is 17.5 Å². The molecule has 2 rings (SSSR count). The minimum Gasteiger partial charge on any atom is -0.494 e. The van der Waals surface area contributed by atoms with Crippen molar-refractivity contribution in [3.05, 3.63) is 42.2 Å². The molecule has 2 aromatic rings. The van der Waals surface area contributed by atoms with Gasteiger partial charge in [-0.3, -0.25) is 4.68 Å². The Morgan fingerprint density at radius 2 is 1.83 bits per heavy atom. The summed E-state index contributed by atoms with van der Waals surface area (Å²) in [7, 11) is 0. The highest BCUT2D eigenvalue weighted by molar-refractivity contribution is 5.72. The molecule has 0 aliphatic rings. The minimum absolute atomic E-state index is 0.280. The van der Waals surface area contributed by atoms with Crippen LogP contribution in [0.5, 0.6) is 11.5 Å². The molecule has 0 saturated heterocycles. The van der Waals surface area contributed by atoms with E-state index in [-0.39, 0.29) is 5.75 Å². The van der Waals surface area contributed by atoms with E-state index in [1.165, 1.54) is 0 Å². The van der Waals surface area contributed by atoms with Crippen LogP contribution in [0.2, 0.25) is 0 Å². The molecule has 23 heavy (non-hydrogen) atoms. The molecule has 0 atom stereocenters. The predicted octanol–water partition coefficient (Wildman–Crippen LogP) is 3.30. The normalized spacial score (nSPS) is 11.3. The quantitative estimate of drug-likeness (QED) is 0.603. The van der Waals surface area contributed by atoms with Gasteiger partial charge in [-0.15, -0.1) is 0 Å². The molecule has 0 saturated carbocycles. The smallest absolute Gasteiger partial charge is 0.435 e. The number of aromatic nitrogens is 2. The third-order valence-electron chi connectivity index (χ3n) is 2.75. The van der Waals surface area contributed by atoms with Crippen LogP contribution < -0.4 is 9.47 Å². The van der Waals surface area contributed by atoms with E-state index in [2.05, 4.69) is 5.10 Å². The molecule has 0 fully saturated rings. The van der Waals surface area contributed by atoms with Crippen molar-refractivity contribution in [3.8, 4) is 11.5 Å². The average Bonchev–Trinajstić information content (AvgIpc) is 2.95. The maximum absolute atomic E-state index is 12.4. The van der Waals surface area contributed by atoms with Gasteiger partial charge in [0.05, 0.1) is 6.61 Å². The van der Waals surface area contributed by atoms with Crippen molar-refractivity contribution in [1.29, 1.82) is 0 Å². The molecule has 0 bridgehead atoms. The molecule has 0 aliphatic heterocycles. The molecule has 8 heteroatoms. The van der Waals surface area contributed by atoms with Gasteiger partial charge in [0, 0.05) is 6.20 Å². The van der Waals surface area contributed by atoms with E-state index in [1.54, 1.807) is 24.3 Å². The molecule has 5 nitrogen and oxygen atoms in total. The molecule has 124 valence electrons. The van der Waals surface area contributed by atoms with Gasteiger partial charge in [-0.05, 0) is 36.8 Å². The second-order valence-electron chi connectivity index (χ2n) is 4.69. The molecule has 0 aliphatic carbocycles. The largest absolute Gasteiger partial charge is 0.494 e. The van der Waals surface area contributed by atoms with Gasteiger partial charge >= 0.3 is 12.1 Å². The van der Waals surface area contributed by atoms with Crippen LogP contribution in [0.15, 0.2) is 36.5 Å². The molecule has 0 spiro atoms. The van der Waals surface area contributed by atoms with Crippen molar-refractivity contribution in [3.63, 3.8) is 0 Å². The van der Waals surface area contributed by atoms with Gasteiger partial charge in [-0.25, -0.2) is 4.79 Å². The number of rotatable bonds is 6. The first-order valence-electron chi connectivity index (χ1n) is 6.92. The number of halogens is 3. The first kappa shape index (κ1) is 16.9. The summed E-state index contributed by atoms with van der Waals surface area (Å²) in [5.41, 5.74) is -1.05. The third kappa shape index (κ3) is 5.01. The summed E-state index contributed by atoms with van der Waals surface area (Å²) in [6.07, 6.45) is -2.59. The van der Waals surface area contributed by atoms with Gasteiger partial charge in [0.1, 0.15) is 18.0 Å². The third-order valence-corrected chi connectivity index (χ3v) is 2.75. The fourth-order valence-electron chi connectivity index (χ4n) is 1.72. The lowest BCUT2D eigenvalue weighted by molar-refractivity contribution is -0.142. The number of benzene rings is 1. The summed E-state index contributed by atoms with van der Waals surface area (Å²) >= 11 is 0. The number of hydrogen-bond acceptors (Lipinski definition) is 4. The number of carbonyl (C=O) groups excluding carboxylic acids is 1. The van der Waals surface area contributed by atoms with Crippen molar-refractivity contribution in [2.75, 3.05) is 6.61 Å². The number of ether oxygens (including phenoxy) is 2. The zero-order valence-electron chi connectivity index (χ0n) is 12.3. The molecular weight excluding hydrogens is 313 g/mol. The predicted molar refractivity (Wildman–Crippen MR) is 75.1 cm³/mol. The summed E-state index contributed by atoms with van der Waals surface area (Å²) in [6, 6.07) is 7.19. The highest BCUT2D eigenvalue weighted by atomic mass is 19.4. The molecule has 1 aromatic carbocycles. The van der Waals surface area contributed by atoms with Crippen molar-refractivity contribution in [2.45, 2.75) is 26.1 Å². The van der Waals surface area contributed by atoms with E-state index >= 15 is 0 Å². The van der Waals surface area contributed by atoms with Gasteiger partial charge in [0.2, 0.25) is 0 Å². The van der Waals surface area contributed by atoms with Gasteiger partial charge in [0.25, 0.3) is 0 Å². The lowest BCUT2D eigenvalue weighted by Gasteiger charge is -2.07. The number of carbonyl (C=O) groups is 1. The summed E-state index contributed by atoms with van der Waals surface area (Å²) in [5.74, 6) is 0.208. The number of alkyl halides is 3. The Hall–Kier alpha value is -2.51. The molecule has 1 aromatic heterocycles. The van der Waals surface area contributed by atoms with Crippen molar-refractivity contribution < 1.29 is 27.4 Å². The number of esters is 1. The molecule has 0 unspecified atom stereocenters. The van der Waals surface area contributed by atoms with Gasteiger partial charge in [-0.1, -0.05) is 6.92 Å². The fourth-order valence-corrected chi connectivity index (χ4v) is 1.72. The Bertz CT molecular complexity index is 651. The first-order valence-corrected chi connectivity index (χ1v) is 6.92. The van der Waals surface area contributed by atoms with Gasteiger partial charge in [0.15, 0.2) is 5.69 Å². The molecule has 0 amide bonds. The van der Waals surface area contributed by atoms with Gasteiger partial charge < -0.3 is 9.47 Å². The van der Waals surface area contributed by atoms with E-state index in [9.17, 15) is 18.0 Å². The van der Waals surface area contributed by atoms with Crippen LogP contribution in [-0.4, -0.2) is 22.4 Å². The Kier molecular flexibility index (Phi) is 5.25. The Morgan fingerprint density at radius 1 is 1.17 bits per heavy atom. The molecule has 0 radical (unpaired) electrons. The highest BCUT2D eigenvalue weighted by Crippen LogP contribution is 2.27. The Balaban J connectivity index is 1.90. The van der Waals surface area contributed by atoms with Crippen LogP contribution >= 0.6 is 0 Å². The van der Waals surface area contributed by atoms with Crippen LogP contribution in [0.3, 0.4) is 0 Å². The zero-order chi connectivity index (χ0) is 16.9. The van der Waals surface area contributed by atoms with Crippen LogP contribution in [0, 0.1) is 0 Å². The summed E-state index contributed by atoms with van der Waals surface area (Å²) in [5, 5.41) is 3.28.